The van der Waals surface area contributed by atoms with E-state index >= 15 is 0 Å². The Bertz CT molecular complexity index is 2540. The van der Waals surface area contributed by atoms with E-state index in [0.29, 0.717) is 22.5 Å². The summed E-state index contributed by atoms with van der Waals surface area (Å²) < 4.78 is 13.8. The number of piperidine rings is 2. The van der Waals surface area contributed by atoms with Crippen molar-refractivity contribution in [3.05, 3.63) is 75.2 Å². The van der Waals surface area contributed by atoms with Crippen LogP contribution >= 0.6 is 11.6 Å². The number of fused-ring (bicyclic) bond motifs is 2. The number of carbonyl (C=O) groups excluding carboxylic acids is 5. The maximum Gasteiger partial charge on any atom is 0.293 e. The van der Waals surface area contributed by atoms with E-state index in [-0.39, 0.29) is 71.5 Å². The molecule has 4 fully saturated rings. The minimum absolute atomic E-state index is 0.0779. The number of likely N-dealkylation sites (N-methyl/N-ethyl adjacent to an activating group) is 1. The van der Waals surface area contributed by atoms with Gasteiger partial charge in [-0.2, -0.15) is 4.98 Å². The van der Waals surface area contributed by atoms with Gasteiger partial charge in [-0.1, -0.05) is 11.6 Å². The van der Waals surface area contributed by atoms with Crippen LogP contribution in [-0.4, -0.2) is 107 Å². The summed E-state index contributed by atoms with van der Waals surface area (Å²) in [7, 11) is 1.51. The van der Waals surface area contributed by atoms with Crippen LogP contribution in [0.5, 0.6) is 5.75 Å². The van der Waals surface area contributed by atoms with Crippen molar-refractivity contribution in [1.82, 2.24) is 30.1 Å². The highest BCUT2D eigenvalue weighted by atomic mass is 35.5. The first kappa shape index (κ1) is 40.3. The molecule has 3 N–H and O–H groups in total. The minimum atomic E-state index is -0.991. The van der Waals surface area contributed by atoms with Crippen LogP contribution in [0.2, 0.25) is 5.02 Å². The third-order valence-electron chi connectivity index (χ3n) is 12.4. The second-order valence-electron chi connectivity index (χ2n) is 16.9. The van der Waals surface area contributed by atoms with Crippen molar-refractivity contribution in [2.24, 2.45) is 5.41 Å². The summed E-state index contributed by atoms with van der Waals surface area (Å²) in [5, 5.41) is 9.15. The topological polar surface area (TPSA) is 197 Å². The molecule has 2 aromatic carbocycles. The lowest BCUT2D eigenvalue weighted by Gasteiger charge is -2.59. The zero-order chi connectivity index (χ0) is 42.7. The van der Waals surface area contributed by atoms with Gasteiger partial charge in [-0.15, -0.1) is 0 Å². The van der Waals surface area contributed by atoms with E-state index in [1.165, 1.54) is 7.05 Å². The number of benzene rings is 2. The van der Waals surface area contributed by atoms with Crippen molar-refractivity contribution >= 4 is 75.2 Å². The van der Waals surface area contributed by atoms with E-state index in [2.05, 4.69) is 30.7 Å². The first-order valence-electron chi connectivity index (χ1n) is 20.6. The van der Waals surface area contributed by atoms with Crippen molar-refractivity contribution < 1.29 is 33.4 Å². The quantitative estimate of drug-likeness (QED) is 0.184. The number of rotatable bonds is 11. The molecular weight excluding hydrogens is 806 g/mol. The second kappa shape index (κ2) is 15.8. The summed E-state index contributed by atoms with van der Waals surface area (Å²) in [4.78, 5) is 90.2. The van der Waals surface area contributed by atoms with Crippen LogP contribution in [0.1, 0.15) is 79.1 Å². The molecule has 18 heteroatoms. The normalized spacial score (nSPS) is 20.2. The number of amides is 5. The Morgan fingerprint density at radius 3 is 2.43 bits per heavy atom. The van der Waals surface area contributed by atoms with Crippen LogP contribution in [-0.2, 0) is 19.1 Å². The van der Waals surface area contributed by atoms with E-state index in [4.69, 9.17) is 26.1 Å². The molecular formula is C43H46ClN9O8. The van der Waals surface area contributed by atoms with E-state index in [0.717, 1.165) is 73.4 Å². The summed E-state index contributed by atoms with van der Waals surface area (Å²) in [6, 6.07) is 11.3. The highest BCUT2D eigenvalue weighted by Crippen LogP contribution is 2.51. The van der Waals surface area contributed by atoms with Crippen LogP contribution in [0.15, 0.2) is 53.5 Å². The predicted octanol–water partition coefficient (Wildman–Crippen LogP) is 3.95. The standard InChI is InChI=1S/C43H46ClN9O8/c1-23(2)52-32-7-4-25(14-24(32)15-34(41(52)59)60-20-36(55)45-3)47-37-31(44)19-46-42(49-37)51-21-43(22-51)17-28(18-43)61-27-10-12-50(13-11-27)26-5-6-29-30(16-26)40(58)53(39(29)57)33-8-9-35(54)48-38(33)56/h4-7,14-16,19,23,27-28,33H,8-13,17-18,20-22H2,1-3H3,(H,45,55)(H,46,47,49)(H,48,54,56). The molecule has 1 unspecified atom stereocenters. The number of carbonyl (C=O) groups is 5. The zero-order valence-corrected chi connectivity index (χ0v) is 34.8. The largest absolute Gasteiger partial charge is 0.478 e. The molecule has 4 aromatic rings. The highest BCUT2D eigenvalue weighted by Gasteiger charge is 2.54. The minimum Gasteiger partial charge on any atom is -0.478 e. The van der Waals surface area contributed by atoms with Gasteiger partial charge in [-0.05, 0) is 88.4 Å². The first-order valence-corrected chi connectivity index (χ1v) is 21.0. The van der Waals surface area contributed by atoms with Gasteiger partial charge in [-0.25, -0.2) is 4.98 Å². The number of pyridine rings is 1. The monoisotopic (exact) mass is 851 g/mol. The number of hydrogen-bond donors (Lipinski definition) is 3. The van der Waals surface area contributed by atoms with Gasteiger partial charge in [0.2, 0.25) is 17.8 Å². The second-order valence-corrected chi connectivity index (χ2v) is 17.3. The summed E-state index contributed by atoms with van der Waals surface area (Å²) in [5.41, 5.74) is 2.66. The fourth-order valence-electron chi connectivity index (χ4n) is 9.31. The Morgan fingerprint density at radius 1 is 0.951 bits per heavy atom. The Hall–Kier alpha value is -6.07. The number of nitrogens with one attached hydrogen (secondary N) is 3. The van der Waals surface area contributed by atoms with Gasteiger partial charge in [0.05, 0.1) is 35.0 Å². The summed E-state index contributed by atoms with van der Waals surface area (Å²) >= 11 is 6.57. The molecule has 3 saturated heterocycles. The Balaban J connectivity index is 0.772. The SMILES string of the molecule is CNC(=O)COc1cc2cc(Nc3nc(N4CC5(CC(OC6CCN(c7ccc8c(c7)C(=O)N(C7CCC(=O)NC7=O)C8=O)CC6)C5)C4)ncc3Cl)ccc2n(C(C)C)c1=O. The van der Waals surface area contributed by atoms with Gasteiger partial charge in [0.25, 0.3) is 23.3 Å². The smallest absolute Gasteiger partial charge is 0.293 e. The number of ether oxygens (including phenoxy) is 2. The molecule has 0 radical (unpaired) electrons. The molecule has 318 valence electrons. The number of halogens is 1. The fourth-order valence-corrected chi connectivity index (χ4v) is 9.45. The van der Waals surface area contributed by atoms with Gasteiger partial charge < -0.3 is 34.5 Å². The number of aromatic nitrogens is 3. The average Bonchev–Trinajstić information content (AvgIpc) is 3.46. The molecule has 5 amide bonds. The van der Waals surface area contributed by atoms with Gasteiger partial charge in [0.1, 0.15) is 11.1 Å². The summed E-state index contributed by atoms with van der Waals surface area (Å²) in [5.74, 6) is -1.27. The summed E-state index contributed by atoms with van der Waals surface area (Å²) in [6.45, 7) is 6.67. The van der Waals surface area contributed by atoms with Crippen molar-refractivity contribution in [2.75, 3.05) is 55.0 Å². The number of hydrogen-bond acceptors (Lipinski definition) is 13. The van der Waals surface area contributed by atoms with E-state index in [9.17, 15) is 28.8 Å². The van der Waals surface area contributed by atoms with Crippen molar-refractivity contribution in [1.29, 1.82) is 0 Å². The number of anilines is 4. The van der Waals surface area contributed by atoms with Crippen molar-refractivity contribution in [2.45, 2.75) is 76.7 Å². The van der Waals surface area contributed by atoms with Crippen molar-refractivity contribution in [3.63, 3.8) is 0 Å². The van der Waals surface area contributed by atoms with Crippen LogP contribution in [0, 0.1) is 5.41 Å². The van der Waals surface area contributed by atoms with E-state index < -0.39 is 29.7 Å². The van der Waals surface area contributed by atoms with E-state index in [1.807, 2.05) is 38.1 Å². The van der Waals surface area contributed by atoms with Crippen LogP contribution in [0.3, 0.4) is 0 Å². The van der Waals surface area contributed by atoms with Gasteiger partial charge in [-0.3, -0.25) is 39.0 Å². The lowest BCUT2D eigenvalue weighted by atomic mass is 9.62. The Kier molecular flexibility index (Phi) is 10.4. The molecule has 0 bridgehead atoms. The lowest BCUT2D eigenvalue weighted by molar-refractivity contribution is -0.136. The molecule has 4 aliphatic heterocycles. The van der Waals surface area contributed by atoms with Crippen LogP contribution in [0.25, 0.3) is 10.9 Å². The zero-order valence-electron chi connectivity index (χ0n) is 34.0. The number of imide groups is 2. The molecule has 1 atom stereocenters. The third kappa shape index (κ3) is 7.53. The Labute approximate surface area is 355 Å². The molecule has 9 rings (SSSR count). The molecule has 61 heavy (non-hydrogen) atoms. The fraction of sp³-hybridized carbons (Fsp3) is 0.442. The molecule has 1 spiro atoms. The maximum absolute atomic E-state index is 13.3. The van der Waals surface area contributed by atoms with Crippen molar-refractivity contribution in [3.8, 4) is 5.75 Å². The molecule has 2 aromatic heterocycles. The lowest BCUT2D eigenvalue weighted by Crippen LogP contribution is -2.65. The molecule has 17 nitrogen and oxygen atoms in total. The predicted molar refractivity (Wildman–Crippen MR) is 226 cm³/mol. The molecule has 6 heterocycles. The van der Waals surface area contributed by atoms with Crippen LogP contribution < -0.4 is 36.0 Å². The van der Waals surface area contributed by atoms with Gasteiger partial charge >= 0.3 is 0 Å². The molecule has 5 aliphatic rings. The van der Waals surface area contributed by atoms with Crippen LogP contribution in [0.4, 0.5) is 23.1 Å². The first-order chi connectivity index (χ1) is 29.3. The Morgan fingerprint density at radius 2 is 1.70 bits per heavy atom. The van der Waals surface area contributed by atoms with E-state index in [1.54, 1.807) is 29.0 Å². The third-order valence-corrected chi connectivity index (χ3v) is 12.7. The molecule has 1 aliphatic carbocycles. The highest BCUT2D eigenvalue weighted by molar-refractivity contribution is 6.33. The van der Waals surface area contributed by atoms with Gasteiger partial charge in [0, 0.05) is 67.9 Å². The van der Waals surface area contributed by atoms with Gasteiger partial charge in [0.15, 0.2) is 18.2 Å². The molecule has 1 saturated carbocycles. The maximum atomic E-state index is 13.3. The average molecular weight is 852 g/mol. The number of nitrogens with zero attached hydrogens (tertiary/aromatic N) is 6. The summed E-state index contributed by atoms with van der Waals surface area (Å²) in [6.07, 6.45) is 5.67.